The second-order valence-corrected chi connectivity index (χ2v) is 3.35. The van der Waals surface area contributed by atoms with Gasteiger partial charge in [-0.05, 0) is 18.6 Å². The molecule has 2 N–H and O–H groups in total. The zero-order valence-corrected chi connectivity index (χ0v) is 9.42. The molecule has 0 aromatic heterocycles. The minimum atomic E-state index is -0.718. The zero-order chi connectivity index (χ0) is 10.7. The largest absolute Gasteiger partial charge is 0.324 e. The van der Waals surface area contributed by atoms with Crippen molar-refractivity contribution in [1.82, 2.24) is 0 Å². The molecule has 0 heterocycles. The Hall–Kier alpha value is -0.640. The summed E-state index contributed by atoms with van der Waals surface area (Å²) >= 11 is 5.46. The lowest BCUT2D eigenvalue weighted by atomic mass is 10.0. The summed E-state index contributed by atoms with van der Waals surface area (Å²) in [6.07, 6.45) is 1.83. The molecule has 15 heavy (non-hydrogen) atoms. The predicted molar refractivity (Wildman–Crippen MR) is 60.4 cm³/mol. The van der Waals surface area contributed by atoms with E-state index in [0.29, 0.717) is 6.42 Å². The molecule has 0 saturated carbocycles. The van der Waals surface area contributed by atoms with Gasteiger partial charge in [-0.2, -0.15) is 0 Å². The van der Waals surface area contributed by atoms with Crippen molar-refractivity contribution in [3.8, 4) is 0 Å². The monoisotopic (exact) mass is 253 g/mol. The first-order valence-electron chi connectivity index (χ1n) is 4.07. The molecular weight excluding hydrogens is 243 g/mol. The maximum atomic E-state index is 13.2. The lowest BCUT2D eigenvalue weighted by Crippen LogP contribution is -2.13. The van der Waals surface area contributed by atoms with Crippen LogP contribution >= 0.6 is 24.0 Å². The van der Waals surface area contributed by atoms with Crippen LogP contribution in [-0.2, 0) is 0 Å². The van der Waals surface area contributed by atoms with Gasteiger partial charge in [0.15, 0.2) is 0 Å². The van der Waals surface area contributed by atoms with Gasteiger partial charge >= 0.3 is 0 Å². The van der Waals surface area contributed by atoms with Gasteiger partial charge in [0.05, 0.1) is 0 Å². The first-order valence-corrected chi connectivity index (χ1v) is 4.45. The van der Waals surface area contributed by atoms with Gasteiger partial charge in [0.2, 0.25) is 0 Å². The van der Waals surface area contributed by atoms with Crippen molar-refractivity contribution in [2.24, 2.45) is 5.73 Å². The summed E-state index contributed by atoms with van der Waals surface area (Å²) in [4.78, 5) is 0. The number of hydrogen-bond donors (Lipinski definition) is 1. The van der Waals surface area contributed by atoms with Crippen LogP contribution in [0.3, 0.4) is 0 Å². The average Bonchev–Trinajstić information content (AvgIpc) is 2.01. The lowest BCUT2D eigenvalue weighted by Gasteiger charge is -2.11. The van der Waals surface area contributed by atoms with E-state index in [1.54, 1.807) is 0 Å². The molecule has 0 fully saturated rings. The van der Waals surface area contributed by atoms with Crippen molar-refractivity contribution in [3.63, 3.8) is 0 Å². The molecular formula is C10H11Cl2F2N. The molecule has 0 spiro atoms. The number of benzene rings is 1. The van der Waals surface area contributed by atoms with Crippen molar-refractivity contribution < 1.29 is 8.78 Å². The van der Waals surface area contributed by atoms with Crippen LogP contribution in [-0.4, -0.2) is 0 Å². The highest BCUT2D eigenvalue weighted by atomic mass is 35.5. The van der Waals surface area contributed by atoms with Crippen molar-refractivity contribution >= 4 is 24.0 Å². The van der Waals surface area contributed by atoms with Gasteiger partial charge in [0, 0.05) is 16.6 Å². The Morgan fingerprint density at radius 1 is 1.40 bits per heavy atom. The van der Waals surface area contributed by atoms with Crippen LogP contribution < -0.4 is 5.73 Å². The maximum Gasteiger partial charge on any atom is 0.132 e. The van der Waals surface area contributed by atoms with E-state index in [2.05, 4.69) is 6.58 Å². The van der Waals surface area contributed by atoms with E-state index in [4.69, 9.17) is 17.3 Å². The van der Waals surface area contributed by atoms with Crippen LogP contribution in [0, 0.1) is 11.6 Å². The number of hydrogen-bond acceptors (Lipinski definition) is 1. The molecule has 1 atom stereocenters. The third-order valence-corrected chi connectivity index (χ3v) is 2.05. The van der Waals surface area contributed by atoms with Gasteiger partial charge in [0.25, 0.3) is 0 Å². The molecule has 0 bridgehead atoms. The van der Waals surface area contributed by atoms with Crippen LogP contribution in [0.15, 0.2) is 24.8 Å². The van der Waals surface area contributed by atoms with Gasteiger partial charge in [-0.1, -0.05) is 17.7 Å². The van der Waals surface area contributed by atoms with Crippen LogP contribution in [0.1, 0.15) is 18.0 Å². The Morgan fingerprint density at radius 2 is 1.87 bits per heavy atom. The molecule has 1 aromatic rings. The van der Waals surface area contributed by atoms with E-state index in [9.17, 15) is 8.78 Å². The van der Waals surface area contributed by atoms with Gasteiger partial charge in [-0.3, -0.25) is 0 Å². The van der Waals surface area contributed by atoms with Gasteiger partial charge < -0.3 is 5.73 Å². The SMILES string of the molecule is C=CC[C@H](N)c1c(F)cc(Cl)cc1F.Cl. The summed E-state index contributed by atoms with van der Waals surface area (Å²) in [5, 5.41) is 0.0227. The third kappa shape index (κ3) is 3.45. The molecule has 0 saturated heterocycles. The fraction of sp³-hybridized carbons (Fsp3) is 0.200. The van der Waals surface area contributed by atoms with E-state index in [0.717, 1.165) is 12.1 Å². The van der Waals surface area contributed by atoms with Crippen LogP contribution in [0.2, 0.25) is 5.02 Å². The van der Waals surface area contributed by atoms with Gasteiger partial charge in [-0.15, -0.1) is 19.0 Å². The van der Waals surface area contributed by atoms with Crippen molar-refractivity contribution in [2.45, 2.75) is 12.5 Å². The fourth-order valence-electron chi connectivity index (χ4n) is 1.20. The van der Waals surface area contributed by atoms with Crippen molar-refractivity contribution in [2.75, 3.05) is 0 Å². The zero-order valence-electron chi connectivity index (χ0n) is 7.84. The second-order valence-electron chi connectivity index (χ2n) is 2.91. The molecule has 1 aromatic carbocycles. The highest BCUT2D eigenvalue weighted by Gasteiger charge is 2.16. The minimum absolute atomic E-state index is 0. The van der Waals surface area contributed by atoms with E-state index < -0.39 is 17.7 Å². The summed E-state index contributed by atoms with van der Waals surface area (Å²) < 4.78 is 26.5. The number of rotatable bonds is 3. The average molecular weight is 254 g/mol. The molecule has 1 nitrogen and oxygen atoms in total. The third-order valence-electron chi connectivity index (χ3n) is 1.84. The highest BCUT2D eigenvalue weighted by molar-refractivity contribution is 6.30. The normalized spacial score (nSPS) is 11.7. The second kappa shape index (κ2) is 6.05. The molecule has 0 radical (unpaired) electrons. The molecule has 0 aliphatic rings. The molecule has 5 heteroatoms. The Morgan fingerprint density at radius 3 is 2.27 bits per heavy atom. The molecule has 0 aliphatic heterocycles. The molecule has 84 valence electrons. The number of nitrogens with two attached hydrogens (primary N) is 1. The maximum absolute atomic E-state index is 13.2. The Bertz CT molecular complexity index is 332. The summed E-state index contributed by atoms with van der Waals surface area (Å²) in [7, 11) is 0. The minimum Gasteiger partial charge on any atom is -0.324 e. The molecule has 1 rings (SSSR count). The molecule has 0 unspecified atom stereocenters. The lowest BCUT2D eigenvalue weighted by molar-refractivity contribution is 0.527. The van der Waals surface area contributed by atoms with Gasteiger partial charge in [0.1, 0.15) is 11.6 Å². The molecule has 0 aliphatic carbocycles. The van der Waals surface area contributed by atoms with E-state index in [1.165, 1.54) is 6.08 Å². The van der Waals surface area contributed by atoms with E-state index >= 15 is 0 Å². The van der Waals surface area contributed by atoms with Crippen molar-refractivity contribution in [3.05, 3.63) is 47.0 Å². The van der Waals surface area contributed by atoms with E-state index in [-0.39, 0.29) is 23.0 Å². The van der Waals surface area contributed by atoms with Crippen molar-refractivity contribution in [1.29, 1.82) is 0 Å². The Labute approximate surface area is 98.3 Å². The van der Waals surface area contributed by atoms with Crippen LogP contribution in [0.25, 0.3) is 0 Å². The topological polar surface area (TPSA) is 26.0 Å². The number of halogens is 4. The standard InChI is InChI=1S/C10H10ClF2N.ClH/c1-2-3-9(14)10-7(12)4-6(11)5-8(10)13;/h2,4-5,9H,1,3,14H2;1H/t9-;/m0./s1. The quantitative estimate of drug-likeness (QED) is 0.819. The first-order chi connectivity index (χ1) is 6.56. The summed E-state index contributed by atoms with van der Waals surface area (Å²) in [6.45, 7) is 3.45. The Balaban J connectivity index is 0.00000196. The van der Waals surface area contributed by atoms with Crippen LogP contribution in [0.4, 0.5) is 8.78 Å². The summed E-state index contributed by atoms with van der Waals surface area (Å²) in [6, 6.07) is 1.37. The van der Waals surface area contributed by atoms with Gasteiger partial charge in [-0.25, -0.2) is 8.78 Å². The van der Waals surface area contributed by atoms with Crippen LogP contribution in [0.5, 0.6) is 0 Å². The summed E-state index contributed by atoms with van der Waals surface area (Å²) in [5.41, 5.74) is 5.42. The molecule has 0 amide bonds. The van der Waals surface area contributed by atoms with E-state index in [1.807, 2.05) is 0 Å². The summed E-state index contributed by atoms with van der Waals surface area (Å²) in [5.74, 6) is -1.44. The highest BCUT2D eigenvalue weighted by Crippen LogP contribution is 2.25. The smallest absolute Gasteiger partial charge is 0.132 e. The predicted octanol–water partition coefficient (Wildman–Crippen LogP) is 3.62. The first kappa shape index (κ1) is 14.4. The fourth-order valence-corrected chi connectivity index (χ4v) is 1.40. The Kier molecular flexibility index (Phi) is 5.80.